The minimum absolute atomic E-state index is 0.0411. The van der Waals surface area contributed by atoms with Crippen LogP contribution in [0.5, 0.6) is 0 Å². The first-order chi connectivity index (χ1) is 10.7. The molecule has 4 nitrogen and oxygen atoms in total. The van der Waals surface area contributed by atoms with Crippen LogP contribution >= 0.6 is 11.8 Å². The number of aromatic nitrogens is 2. The van der Waals surface area contributed by atoms with Gasteiger partial charge >= 0.3 is 0 Å². The normalized spacial score (nSPS) is 13.7. The summed E-state index contributed by atoms with van der Waals surface area (Å²) >= 11 is 1.34. The van der Waals surface area contributed by atoms with E-state index in [1.807, 2.05) is 30.3 Å². The number of nitrogens with zero attached hydrogens (tertiary/aromatic N) is 2. The topological polar surface area (TPSA) is 52.0 Å². The van der Waals surface area contributed by atoms with E-state index in [9.17, 15) is 9.59 Å². The average molecular weight is 314 g/mol. The molecule has 0 atom stereocenters. The largest absolute Gasteiger partial charge is 0.293 e. The molecule has 0 aliphatic heterocycles. The monoisotopic (exact) mass is 314 g/mol. The van der Waals surface area contributed by atoms with Gasteiger partial charge in [-0.15, -0.1) is 0 Å². The van der Waals surface area contributed by atoms with Crippen LogP contribution in [-0.2, 0) is 19.9 Å². The highest BCUT2D eigenvalue weighted by atomic mass is 32.2. The Balaban J connectivity index is 1.80. The standard InChI is InChI=1S/C17H18N2O2S/c1-19-16(21)13-9-5-6-10-14(13)18-17(19)22-11-15(20)12-7-3-2-4-8-12/h2-4,7-8H,5-6,9-11H2,1H3. The third kappa shape index (κ3) is 2.99. The molecule has 114 valence electrons. The van der Waals surface area contributed by atoms with Crippen molar-refractivity contribution in [1.29, 1.82) is 0 Å². The van der Waals surface area contributed by atoms with Gasteiger partial charge in [-0.3, -0.25) is 14.2 Å². The molecule has 5 heteroatoms. The summed E-state index contributed by atoms with van der Waals surface area (Å²) in [5, 5.41) is 0.634. The Kier molecular flexibility index (Phi) is 4.43. The molecule has 1 aromatic heterocycles. The Labute approximate surface area is 133 Å². The van der Waals surface area contributed by atoms with Gasteiger partial charge in [-0.2, -0.15) is 0 Å². The molecule has 0 saturated heterocycles. The SMILES string of the molecule is Cn1c(SCC(=O)c2ccccc2)nc2c(c1=O)CCCC2. The summed E-state index contributed by atoms with van der Waals surface area (Å²) in [5.41, 5.74) is 2.51. The molecule has 3 rings (SSSR count). The molecule has 1 aliphatic carbocycles. The number of carbonyl (C=O) groups excluding carboxylic acids is 1. The van der Waals surface area contributed by atoms with Gasteiger partial charge < -0.3 is 0 Å². The molecule has 0 spiro atoms. The number of carbonyl (C=O) groups is 1. The van der Waals surface area contributed by atoms with E-state index in [-0.39, 0.29) is 11.3 Å². The first kappa shape index (κ1) is 15.0. The number of aryl methyl sites for hydroxylation is 1. The van der Waals surface area contributed by atoms with Crippen LogP contribution in [0.3, 0.4) is 0 Å². The van der Waals surface area contributed by atoms with Gasteiger partial charge in [-0.1, -0.05) is 42.1 Å². The minimum Gasteiger partial charge on any atom is -0.293 e. The molecular formula is C17H18N2O2S. The van der Waals surface area contributed by atoms with Crippen LogP contribution in [-0.4, -0.2) is 21.1 Å². The predicted octanol–water partition coefficient (Wildman–Crippen LogP) is 2.63. The van der Waals surface area contributed by atoms with Crippen molar-refractivity contribution in [3.63, 3.8) is 0 Å². The molecule has 1 aromatic carbocycles. The Hall–Kier alpha value is -1.88. The molecule has 0 unspecified atom stereocenters. The second-order valence-corrected chi connectivity index (χ2v) is 6.41. The average Bonchev–Trinajstić information content (AvgIpc) is 2.57. The summed E-state index contributed by atoms with van der Waals surface area (Å²) in [6, 6.07) is 9.21. The first-order valence-corrected chi connectivity index (χ1v) is 8.45. The third-order valence-corrected chi connectivity index (χ3v) is 4.98. The van der Waals surface area contributed by atoms with E-state index >= 15 is 0 Å². The lowest BCUT2D eigenvalue weighted by molar-refractivity contribution is 0.102. The number of thioether (sulfide) groups is 1. The number of ketones is 1. The van der Waals surface area contributed by atoms with E-state index in [1.54, 1.807) is 11.6 Å². The third-order valence-electron chi connectivity index (χ3n) is 3.95. The van der Waals surface area contributed by atoms with Crippen LogP contribution in [0.15, 0.2) is 40.3 Å². The lowest BCUT2D eigenvalue weighted by atomic mass is 9.97. The molecule has 1 heterocycles. The molecule has 1 aliphatic rings. The van der Waals surface area contributed by atoms with Crippen molar-refractivity contribution in [3.05, 3.63) is 57.5 Å². The fourth-order valence-corrected chi connectivity index (χ4v) is 3.57. The molecule has 0 N–H and O–H groups in total. The van der Waals surface area contributed by atoms with Crippen LogP contribution in [0, 0.1) is 0 Å². The summed E-state index contributed by atoms with van der Waals surface area (Å²) in [6.45, 7) is 0. The number of fused-ring (bicyclic) bond motifs is 1. The van der Waals surface area contributed by atoms with Crippen LogP contribution in [0.4, 0.5) is 0 Å². The summed E-state index contributed by atoms with van der Waals surface area (Å²) < 4.78 is 1.58. The van der Waals surface area contributed by atoms with Gasteiger partial charge in [0.1, 0.15) is 0 Å². The smallest absolute Gasteiger partial charge is 0.257 e. The van der Waals surface area contributed by atoms with E-state index in [4.69, 9.17) is 0 Å². The lowest BCUT2D eigenvalue weighted by Crippen LogP contribution is -2.28. The number of hydrogen-bond donors (Lipinski definition) is 0. The second-order valence-electron chi connectivity index (χ2n) is 5.47. The fourth-order valence-electron chi connectivity index (χ4n) is 2.69. The molecule has 0 fully saturated rings. The maximum atomic E-state index is 12.4. The molecule has 0 radical (unpaired) electrons. The zero-order valence-corrected chi connectivity index (χ0v) is 13.4. The van der Waals surface area contributed by atoms with Crippen molar-refractivity contribution in [2.24, 2.45) is 7.05 Å². The second kappa shape index (κ2) is 6.48. The highest BCUT2D eigenvalue weighted by molar-refractivity contribution is 7.99. The number of Topliss-reactive ketones (excluding diaryl/α,β-unsaturated/α-hetero) is 1. The Morgan fingerprint density at radius 2 is 1.95 bits per heavy atom. The van der Waals surface area contributed by atoms with Gasteiger partial charge in [-0.25, -0.2) is 4.98 Å². The molecule has 0 bridgehead atoms. The van der Waals surface area contributed by atoms with Gasteiger partial charge in [-0.05, 0) is 25.7 Å². The Morgan fingerprint density at radius 3 is 2.73 bits per heavy atom. The zero-order valence-electron chi connectivity index (χ0n) is 12.5. The molecule has 0 amide bonds. The van der Waals surface area contributed by atoms with E-state index in [0.717, 1.165) is 36.9 Å². The Bertz CT molecular complexity index is 753. The van der Waals surface area contributed by atoms with Gasteiger partial charge in [0.15, 0.2) is 10.9 Å². The van der Waals surface area contributed by atoms with Gasteiger partial charge in [0, 0.05) is 18.2 Å². The summed E-state index contributed by atoms with van der Waals surface area (Å²) in [5.74, 6) is 0.348. The lowest BCUT2D eigenvalue weighted by Gasteiger charge is -2.17. The van der Waals surface area contributed by atoms with Crippen LogP contribution < -0.4 is 5.56 Å². The van der Waals surface area contributed by atoms with E-state index in [2.05, 4.69) is 4.98 Å². The maximum absolute atomic E-state index is 12.4. The van der Waals surface area contributed by atoms with Crippen LogP contribution in [0.2, 0.25) is 0 Å². The Morgan fingerprint density at radius 1 is 1.23 bits per heavy atom. The number of rotatable bonds is 4. The molecule has 2 aromatic rings. The van der Waals surface area contributed by atoms with Crippen molar-refractivity contribution in [3.8, 4) is 0 Å². The maximum Gasteiger partial charge on any atom is 0.257 e. The molecule has 0 saturated carbocycles. The van der Waals surface area contributed by atoms with E-state index in [0.29, 0.717) is 16.5 Å². The van der Waals surface area contributed by atoms with E-state index in [1.165, 1.54) is 11.8 Å². The van der Waals surface area contributed by atoms with Crippen molar-refractivity contribution in [2.75, 3.05) is 5.75 Å². The quantitative estimate of drug-likeness (QED) is 0.494. The predicted molar refractivity (Wildman–Crippen MR) is 87.6 cm³/mol. The summed E-state index contributed by atoms with van der Waals surface area (Å²) in [7, 11) is 1.74. The highest BCUT2D eigenvalue weighted by Gasteiger charge is 2.18. The zero-order chi connectivity index (χ0) is 15.5. The molecular weight excluding hydrogens is 296 g/mol. The fraction of sp³-hybridized carbons (Fsp3) is 0.353. The van der Waals surface area contributed by atoms with Gasteiger partial charge in [0.2, 0.25) is 0 Å². The van der Waals surface area contributed by atoms with Crippen LogP contribution in [0.1, 0.15) is 34.5 Å². The van der Waals surface area contributed by atoms with Crippen molar-refractivity contribution in [2.45, 2.75) is 30.8 Å². The summed E-state index contributed by atoms with van der Waals surface area (Å²) in [6.07, 6.45) is 3.83. The first-order valence-electron chi connectivity index (χ1n) is 7.46. The molecule has 22 heavy (non-hydrogen) atoms. The number of hydrogen-bond acceptors (Lipinski definition) is 4. The van der Waals surface area contributed by atoms with Crippen molar-refractivity contribution in [1.82, 2.24) is 9.55 Å². The van der Waals surface area contributed by atoms with Crippen LogP contribution in [0.25, 0.3) is 0 Å². The summed E-state index contributed by atoms with van der Waals surface area (Å²) in [4.78, 5) is 29.2. The number of benzene rings is 1. The van der Waals surface area contributed by atoms with Gasteiger partial charge in [0.05, 0.1) is 11.4 Å². The van der Waals surface area contributed by atoms with Crippen molar-refractivity contribution < 1.29 is 4.79 Å². The highest BCUT2D eigenvalue weighted by Crippen LogP contribution is 2.21. The van der Waals surface area contributed by atoms with Crippen molar-refractivity contribution >= 4 is 17.5 Å². The van der Waals surface area contributed by atoms with E-state index < -0.39 is 0 Å². The minimum atomic E-state index is 0.0411. The van der Waals surface area contributed by atoms with Gasteiger partial charge in [0.25, 0.3) is 5.56 Å².